The molecular weight excluding hydrogens is 446 g/mol. The number of aromatic nitrogens is 1. The third-order valence-corrected chi connectivity index (χ3v) is 7.81. The molecule has 1 heterocycles. The highest BCUT2D eigenvalue weighted by atomic mass is 32.2. The van der Waals surface area contributed by atoms with Crippen molar-refractivity contribution in [2.45, 2.75) is 36.0 Å². The fraction of sp³-hybridized carbons (Fsp3) is 0.238. The third kappa shape index (κ3) is 4.75. The molecule has 1 aliphatic rings. The van der Waals surface area contributed by atoms with Crippen molar-refractivity contribution in [3.63, 3.8) is 0 Å². The van der Waals surface area contributed by atoms with E-state index in [2.05, 4.69) is 10.3 Å². The maximum atomic E-state index is 14.2. The molecule has 1 fully saturated rings. The molecule has 1 amide bonds. The molecule has 0 bridgehead atoms. The van der Waals surface area contributed by atoms with Crippen LogP contribution in [-0.2, 0) is 14.6 Å². The Balaban J connectivity index is 1.64. The first-order valence-corrected chi connectivity index (χ1v) is 11.8. The van der Waals surface area contributed by atoms with Crippen LogP contribution in [-0.4, -0.2) is 24.6 Å². The molecule has 6 nitrogen and oxygen atoms in total. The van der Waals surface area contributed by atoms with E-state index in [-0.39, 0.29) is 15.9 Å². The summed E-state index contributed by atoms with van der Waals surface area (Å²) in [6.07, 6.45) is 1.54. The number of carbonyl (C=O) groups excluding carboxylic acids is 1. The Hall–Kier alpha value is -2.85. The highest BCUT2D eigenvalue weighted by molar-refractivity contribution is 7.92. The average Bonchev–Trinajstić information content (AvgIpc) is 3.51. The van der Waals surface area contributed by atoms with Crippen LogP contribution >= 0.6 is 11.3 Å². The number of thiazole rings is 1. The molecule has 1 aliphatic carbocycles. The molecule has 10 heteroatoms. The SMILES string of the molecule is Cc1cnc(NC(=O)C(Oc2ccc(F)cc2F)c2ccc(S(=O)(=O)C3CC3)cc2)s1. The Bertz CT molecular complexity index is 1220. The molecule has 0 radical (unpaired) electrons. The van der Waals surface area contributed by atoms with E-state index in [1.165, 1.54) is 35.6 Å². The summed E-state index contributed by atoms with van der Waals surface area (Å²) in [6, 6.07) is 8.47. The number of sulfone groups is 1. The largest absolute Gasteiger partial charge is 0.473 e. The highest BCUT2D eigenvalue weighted by Crippen LogP contribution is 2.34. The second kappa shape index (κ2) is 8.35. The number of hydrogen-bond acceptors (Lipinski definition) is 6. The van der Waals surface area contributed by atoms with Gasteiger partial charge in [0.05, 0.1) is 10.1 Å². The van der Waals surface area contributed by atoms with Crippen LogP contribution in [0.3, 0.4) is 0 Å². The van der Waals surface area contributed by atoms with Crippen molar-refractivity contribution in [2.75, 3.05) is 5.32 Å². The minimum Gasteiger partial charge on any atom is -0.473 e. The lowest BCUT2D eigenvalue weighted by molar-refractivity contribution is -0.123. The Kier molecular flexibility index (Phi) is 5.76. The van der Waals surface area contributed by atoms with Crippen LogP contribution in [0.4, 0.5) is 13.9 Å². The number of anilines is 1. The first kappa shape index (κ1) is 21.4. The lowest BCUT2D eigenvalue weighted by Gasteiger charge is -2.19. The van der Waals surface area contributed by atoms with Gasteiger partial charge in [-0.15, -0.1) is 11.3 Å². The smallest absolute Gasteiger partial charge is 0.271 e. The van der Waals surface area contributed by atoms with Gasteiger partial charge in [-0.25, -0.2) is 22.2 Å². The Labute approximate surface area is 181 Å². The normalized spacial score (nSPS) is 14.8. The van der Waals surface area contributed by atoms with Gasteiger partial charge in [-0.2, -0.15) is 0 Å². The van der Waals surface area contributed by atoms with Crippen LogP contribution in [0.2, 0.25) is 0 Å². The fourth-order valence-corrected chi connectivity index (χ4v) is 5.28. The van der Waals surface area contributed by atoms with E-state index in [4.69, 9.17) is 4.74 Å². The molecule has 162 valence electrons. The number of hydrogen-bond donors (Lipinski definition) is 1. The molecule has 0 saturated heterocycles. The molecule has 1 atom stereocenters. The second-order valence-electron chi connectivity index (χ2n) is 7.15. The quantitative estimate of drug-likeness (QED) is 0.559. The Morgan fingerprint density at radius 3 is 2.48 bits per heavy atom. The van der Waals surface area contributed by atoms with Gasteiger partial charge in [-0.1, -0.05) is 12.1 Å². The molecule has 2 aromatic carbocycles. The fourth-order valence-electron chi connectivity index (χ4n) is 2.96. The van der Waals surface area contributed by atoms with Crippen molar-refractivity contribution in [1.82, 2.24) is 4.98 Å². The van der Waals surface area contributed by atoms with Crippen molar-refractivity contribution < 1.29 is 26.7 Å². The molecular formula is C21H18F2N2O4S2. The number of amides is 1. The number of carbonyl (C=O) groups is 1. The van der Waals surface area contributed by atoms with Gasteiger partial charge in [-0.3, -0.25) is 10.1 Å². The van der Waals surface area contributed by atoms with E-state index in [0.29, 0.717) is 29.6 Å². The summed E-state index contributed by atoms with van der Waals surface area (Å²) in [6.45, 7) is 1.83. The van der Waals surface area contributed by atoms with Gasteiger partial charge < -0.3 is 4.74 Å². The molecule has 31 heavy (non-hydrogen) atoms. The molecule has 1 aromatic heterocycles. The van der Waals surface area contributed by atoms with E-state index in [1.54, 1.807) is 6.20 Å². The van der Waals surface area contributed by atoms with Gasteiger partial charge in [0.15, 0.2) is 26.5 Å². The van der Waals surface area contributed by atoms with Gasteiger partial charge in [-0.05, 0) is 44.0 Å². The lowest BCUT2D eigenvalue weighted by atomic mass is 10.1. The van der Waals surface area contributed by atoms with E-state index in [9.17, 15) is 22.0 Å². The number of ether oxygens (including phenoxy) is 1. The monoisotopic (exact) mass is 464 g/mol. The lowest BCUT2D eigenvalue weighted by Crippen LogP contribution is -2.26. The molecule has 1 unspecified atom stereocenters. The zero-order valence-corrected chi connectivity index (χ0v) is 18.0. The average molecular weight is 465 g/mol. The highest BCUT2D eigenvalue weighted by Gasteiger charge is 2.37. The zero-order valence-electron chi connectivity index (χ0n) is 16.3. The molecule has 3 aromatic rings. The standard InChI is InChI=1S/C21H18F2N2O4S2/c1-12-11-24-21(30-12)25-20(26)19(29-18-9-4-14(22)10-17(18)23)13-2-5-15(6-3-13)31(27,28)16-7-8-16/h2-6,9-11,16,19H,7-8H2,1H3,(H,24,25,26). The summed E-state index contributed by atoms with van der Waals surface area (Å²) in [5.74, 6) is -2.68. The Morgan fingerprint density at radius 1 is 1.19 bits per heavy atom. The first-order valence-electron chi connectivity index (χ1n) is 9.43. The van der Waals surface area contributed by atoms with E-state index < -0.39 is 33.5 Å². The number of aryl methyl sites for hydroxylation is 1. The van der Waals surface area contributed by atoms with Crippen LogP contribution < -0.4 is 10.1 Å². The number of nitrogens with zero attached hydrogens (tertiary/aromatic N) is 1. The molecule has 1 N–H and O–H groups in total. The summed E-state index contributed by atoms with van der Waals surface area (Å²) in [4.78, 5) is 18.0. The van der Waals surface area contributed by atoms with E-state index >= 15 is 0 Å². The van der Waals surface area contributed by atoms with Crippen LogP contribution in [0.15, 0.2) is 53.6 Å². The van der Waals surface area contributed by atoms with Gasteiger partial charge >= 0.3 is 0 Å². The van der Waals surface area contributed by atoms with Crippen molar-refractivity contribution in [2.24, 2.45) is 0 Å². The van der Waals surface area contributed by atoms with Crippen LogP contribution in [0.25, 0.3) is 0 Å². The summed E-state index contributed by atoms with van der Waals surface area (Å²) in [5.41, 5.74) is 0.309. The third-order valence-electron chi connectivity index (χ3n) is 4.70. The minimum atomic E-state index is -3.40. The van der Waals surface area contributed by atoms with Gasteiger partial charge in [0, 0.05) is 22.7 Å². The molecule has 0 spiro atoms. The maximum Gasteiger partial charge on any atom is 0.271 e. The van der Waals surface area contributed by atoms with E-state index in [1.807, 2.05) is 6.92 Å². The topological polar surface area (TPSA) is 85.4 Å². The second-order valence-corrected chi connectivity index (χ2v) is 10.6. The molecule has 0 aliphatic heterocycles. The predicted octanol–water partition coefficient (Wildman–Crippen LogP) is 4.42. The predicted molar refractivity (Wildman–Crippen MR) is 112 cm³/mol. The van der Waals surface area contributed by atoms with Crippen molar-refractivity contribution >= 4 is 32.2 Å². The summed E-state index contributed by atoms with van der Waals surface area (Å²) >= 11 is 1.25. The van der Waals surface area contributed by atoms with E-state index in [0.717, 1.165) is 17.0 Å². The number of halogens is 2. The Morgan fingerprint density at radius 2 is 1.90 bits per heavy atom. The molecule has 4 rings (SSSR count). The van der Waals surface area contributed by atoms with Gasteiger partial charge in [0.2, 0.25) is 6.10 Å². The van der Waals surface area contributed by atoms with Gasteiger partial charge in [0.25, 0.3) is 5.91 Å². The number of benzene rings is 2. The zero-order chi connectivity index (χ0) is 22.2. The summed E-state index contributed by atoms with van der Waals surface area (Å²) < 4.78 is 57.8. The van der Waals surface area contributed by atoms with Crippen molar-refractivity contribution in [1.29, 1.82) is 0 Å². The molecule has 1 saturated carbocycles. The number of nitrogens with one attached hydrogen (secondary N) is 1. The van der Waals surface area contributed by atoms with Crippen molar-refractivity contribution in [3.8, 4) is 5.75 Å². The summed E-state index contributed by atoms with van der Waals surface area (Å²) in [7, 11) is -3.40. The van der Waals surface area contributed by atoms with Crippen molar-refractivity contribution in [3.05, 3.63) is 70.7 Å². The minimum absolute atomic E-state index is 0.154. The summed E-state index contributed by atoms with van der Waals surface area (Å²) in [5, 5.41) is 2.59. The van der Waals surface area contributed by atoms with Gasteiger partial charge in [0.1, 0.15) is 5.82 Å². The van der Waals surface area contributed by atoms with Crippen LogP contribution in [0.5, 0.6) is 5.75 Å². The first-order chi connectivity index (χ1) is 14.7. The van der Waals surface area contributed by atoms with Crippen LogP contribution in [0, 0.1) is 18.6 Å². The maximum absolute atomic E-state index is 14.2. The van der Waals surface area contributed by atoms with Crippen LogP contribution in [0.1, 0.15) is 29.4 Å². The number of rotatable bonds is 7.